The van der Waals surface area contributed by atoms with Gasteiger partial charge in [-0.05, 0) is 58.6 Å². The number of ether oxygens (including phenoxy) is 5. The second kappa shape index (κ2) is 15.7. The molecule has 0 saturated carbocycles. The molecule has 0 bridgehead atoms. The summed E-state index contributed by atoms with van der Waals surface area (Å²) in [5.74, 6) is 2.13. The van der Waals surface area contributed by atoms with Gasteiger partial charge in [-0.15, -0.1) is 0 Å². The van der Waals surface area contributed by atoms with Gasteiger partial charge in [0, 0.05) is 57.1 Å². The third-order valence-corrected chi connectivity index (χ3v) is 6.70. The summed E-state index contributed by atoms with van der Waals surface area (Å²) in [5, 5.41) is 3.95. The Balaban J connectivity index is 1.67. The Bertz CT molecular complexity index is 1440. The Morgan fingerprint density at radius 2 is 1.59 bits per heavy atom. The number of carbonyl (C=O) groups is 1. The molecular formula is C32H47N5O7. The normalized spacial score (nSPS) is 11.6. The molecule has 3 aromatic rings. The smallest absolute Gasteiger partial charge is 0.407 e. The number of aryl methyl sites for hydroxylation is 1. The van der Waals surface area contributed by atoms with Gasteiger partial charge in [-0.3, -0.25) is 4.79 Å². The van der Waals surface area contributed by atoms with Crippen molar-refractivity contribution < 1.29 is 28.5 Å². The lowest BCUT2D eigenvalue weighted by Gasteiger charge is -2.21. The van der Waals surface area contributed by atoms with E-state index in [0.29, 0.717) is 68.8 Å². The van der Waals surface area contributed by atoms with Crippen LogP contribution in [0.2, 0.25) is 0 Å². The van der Waals surface area contributed by atoms with E-state index in [0.717, 1.165) is 22.1 Å². The van der Waals surface area contributed by atoms with Crippen molar-refractivity contribution in [3.8, 4) is 22.6 Å². The van der Waals surface area contributed by atoms with Crippen LogP contribution < -0.4 is 25.2 Å². The van der Waals surface area contributed by atoms with Crippen LogP contribution in [-0.4, -0.2) is 101 Å². The van der Waals surface area contributed by atoms with Crippen molar-refractivity contribution in [2.24, 2.45) is 7.05 Å². The second-order valence-corrected chi connectivity index (χ2v) is 11.7. The Kier molecular flexibility index (Phi) is 12.4. The summed E-state index contributed by atoms with van der Waals surface area (Å²) in [7, 11) is 10.9. The lowest BCUT2D eigenvalue weighted by Crippen LogP contribution is -2.34. The lowest BCUT2D eigenvalue weighted by atomic mass is 9.98. The Morgan fingerprint density at radius 1 is 0.955 bits per heavy atom. The standard InChI is InChI=1S/C32H47N5O7/c1-32(2,3)44-31(39)33-10-12-42-14-15-43-13-11-36(6)29-18-23-24(19-34-29)30(38)37(7)21-25(23)22-16-27(40-8)26(20-35(4)5)28(17-22)41-9/h16-19,21H,10-15,20H2,1-9H3,(H,33,39). The van der Waals surface area contributed by atoms with Gasteiger partial charge in [-0.1, -0.05) is 0 Å². The number of methoxy groups -OCH3 is 2. The predicted molar refractivity (Wildman–Crippen MR) is 172 cm³/mol. The number of fused-ring (bicyclic) bond motifs is 1. The van der Waals surface area contributed by atoms with E-state index in [9.17, 15) is 9.59 Å². The molecular weight excluding hydrogens is 566 g/mol. The first-order valence-corrected chi connectivity index (χ1v) is 14.6. The Labute approximate surface area is 259 Å². The van der Waals surface area contributed by atoms with E-state index in [1.54, 1.807) is 32.0 Å². The Morgan fingerprint density at radius 3 is 2.18 bits per heavy atom. The number of nitrogens with zero attached hydrogens (tertiary/aromatic N) is 4. The predicted octanol–water partition coefficient (Wildman–Crippen LogP) is 3.67. The molecule has 12 nitrogen and oxygen atoms in total. The number of carbonyl (C=O) groups excluding carboxylic acids is 1. The first kappa shape index (κ1) is 34.6. The number of hydrogen-bond acceptors (Lipinski definition) is 10. The summed E-state index contributed by atoms with van der Waals surface area (Å²) in [6, 6.07) is 5.89. The summed E-state index contributed by atoms with van der Waals surface area (Å²) >= 11 is 0. The maximum Gasteiger partial charge on any atom is 0.407 e. The van der Waals surface area contributed by atoms with E-state index in [1.807, 2.05) is 71.2 Å². The van der Waals surface area contributed by atoms with Gasteiger partial charge in [0.25, 0.3) is 5.56 Å². The van der Waals surface area contributed by atoms with Gasteiger partial charge in [-0.2, -0.15) is 0 Å². The average molecular weight is 614 g/mol. The molecule has 44 heavy (non-hydrogen) atoms. The van der Waals surface area contributed by atoms with Crippen LogP contribution in [0.3, 0.4) is 0 Å². The van der Waals surface area contributed by atoms with Crippen LogP contribution in [0.25, 0.3) is 21.9 Å². The van der Waals surface area contributed by atoms with Gasteiger partial charge in [0.2, 0.25) is 0 Å². The van der Waals surface area contributed by atoms with Gasteiger partial charge < -0.3 is 43.4 Å². The molecule has 0 unspecified atom stereocenters. The van der Waals surface area contributed by atoms with E-state index >= 15 is 0 Å². The summed E-state index contributed by atoms with van der Waals surface area (Å²) < 4.78 is 29.5. The maximum absolute atomic E-state index is 13.0. The molecule has 0 radical (unpaired) electrons. The molecule has 2 aromatic heterocycles. The van der Waals surface area contributed by atoms with Crippen molar-refractivity contribution in [1.82, 2.24) is 19.8 Å². The van der Waals surface area contributed by atoms with E-state index in [-0.39, 0.29) is 5.56 Å². The largest absolute Gasteiger partial charge is 0.496 e. The number of alkyl carbamates (subject to hydrolysis) is 1. The monoisotopic (exact) mass is 613 g/mol. The van der Waals surface area contributed by atoms with Crippen molar-refractivity contribution in [2.75, 3.05) is 79.8 Å². The van der Waals surface area contributed by atoms with E-state index in [1.165, 1.54) is 0 Å². The fourth-order valence-corrected chi connectivity index (χ4v) is 4.58. The minimum Gasteiger partial charge on any atom is -0.496 e. The average Bonchev–Trinajstić information content (AvgIpc) is 2.96. The van der Waals surface area contributed by atoms with Crippen LogP contribution in [0.1, 0.15) is 26.3 Å². The van der Waals surface area contributed by atoms with Crippen molar-refractivity contribution in [2.45, 2.75) is 32.9 Å². The molecule has 0 aliphatic rings. The minimum atomic E-state index is -0.534. The zero-order valence-electron chi connectivity index (χ0n) is 27.5. The van der Waals surface area contributed by atoms with E-state index in [2.05, 4.69) is 15.2 Å². The quantitative estimate of drug-likeness (QED) is 0.255. The molecule has 2 heterocycles. The number of rotatable bonds is 15. The molecule has 1 N–H and O–H groups in total. The number of amides is 1. The highest BCUT2D eigenvalue weighted by Crippen LogP contribution is 2.38. The van der Waals surface area contributed by atoms with Crippen LogP contribution >= 0.6 is 0 Å². The molecule has 0 fully saturated rings. The third kappa shape index (κ3) is 9.57. The topological polar surface area (TPSA) is 117 Å². The maximum atomic E-state index is 13.0. The fraction of sp³-hybridized carbons (Fsp3) is 0.531. The molecule has 0 atom stereocenters. The molecule has 242 valence electrons. The van der Waals surface area contributed by atoms with Gasteiger partial charge in [0.05, 0.1) is 51.6 Å². The van der Waals surface area contributed by atoms with Crippen molar-refractivity contribution in [1.29, 1.82) is 0 Å². The molecule has 0 aliphatic heterocycles. The summed E-state index contributed by atoms with van der Waals surface area (Å²) in [6.45, 7) is 8.68. The highest BCUT2D eigenvalue weighted by atomic mass is 16.6. The molecule has 1 amide bonds. The highest BCUT2D eigenvalue weighted by Gasteiger charge is 2.18. The summed E-state index contributed by atoms with van der Waals surface area (Å²) in [6.07, 6.45) is 3.00. The lowest BCUT2D eigenvalue weighted by molar-refractivity contribution is 0.0411. The van der Waals surface area contributed by atoms with E-state index in [4.69, 9.17) is 23.7 Å². The molecule has 0 spiro atoms. The summed E-state index contributed by atoms with van der Waals surface area (Å²) in [5.41, 5.74) is 2.02. The van der Waals surface area contributed by atoms with Gasteiger partial charge in [0.15, 0.2) is 0 Å². The van der Waals surface area contributed by atoms with Crippen LogP contribution in [0, 0.1) is 0 Å². The van der Waals surface area contributed by atoms with Crippen molar-refractivity contribution >= 4 is 22.7 Å². The van der Waals surface area contributed by atoms with Gasteiger partial charge in [-0.25, -0.2) is 9.78 Å². The number of aromatic nitrogens is 2. The molecule has 0 saturated heterocycles. The fourth-order valence-electron chi connectivity index (χ4n) is 4.58. The first-order chi connectivity index (χ1) is 20.8. The first-order valence-electron chi connectivity index (χ1n) is 14.6. The van der Waals surface area contributed by atoms with Crippen LogP contribution in [-0.2, 0) is 27.8 Å². The van der Waals surface area contributed by atoms with E-state index < -0.39 is 11.7 Å². The van der Waals surface area contributed by atoms with Crippen molar-refractivity contribution in [3.63, 3.8) is 0 Å². The minimum absolute atomic E-state index is 0.127. The number of hydrogen-bond donors (Lipinski definition) is 1. The van der Waals surface area contributed by atoms with Gasteiger partial charge >= 0.3 is 6.09 Å². The number of anilines is 1. The summed E-state index contributed by atoms with van der Waals surface area (Å²) in [4.78, 5) is 33.3. The number of pyridine rings is 2. The van der Waals surface area contributed by atoms with Crippen LogP contribution in [0.4, 0.5) is 10.6 Å². The van der Waals surface area contributed by atoms with Crippen molar-refractivity contribution in [3.05, 3.63) is 46.5 Å². The number of likely N-dealkylation sites (N-methyl/N-ethyl adjacent to an activating group) is 1. The molecule has 0 aliphatic carbocycles. The second-order valence-electron chi connectivity index (χ2n) is 11.7. The molecule has 12 heteroatoms. The van der Waals surface area contributed by atoms with Crippen LogP contribution in [0.5, 0.6) is 11.5 Å². The zero-order chi connectivity index (χ0) is 32.4. The number of benzene rings is 1. The van der Waals surface area contributed by atoms with Gasteiger partial charge in [0.1, 0.15) is 22.9 Å². The highest BCUT2D eigenvalue weighted by molar-refractivity contribution is 5.97. The molecule has 3 rings (SSSR count). The third-order valence-electron chi connectivity index (χ3n) is 6.70. The molecule has 1 aromatic carbocycles. The zero-order valence-corrected chi connectivity index (χ0v) is 27.5. The van der Waals surface area contributed by atoms with Crippen LogP contribution in [0.15, 0.2) is 35.4 Å². The number of nitrogens with one attached hydrogen (secondary N) is 1. The SMILES string of the molecule is COc1cc(-c2cn(C)c(=O)c3cnc(N(C)CCOCCOCCNC(=O)OC(C)(C)C)cc23)cc(OC)c1CN(C)C. The Hall–Kier alpha value is -3.87.